The first-order valence-corrected chi connectivity index (χ1v) is 8.04. The summed E-state index contributed by atoms with van der Waals surface area (Å²) in [6.07, 6.45) is 6.45. The summed E-state index contributed by atoms with van der Waals surface area (Å²) in [4.78, 5) is 6.60. The van der Waals surface area contributed by atoms with Crippen molar-refractivity contribution in [2.45, 2.75) is 25.7 Å². The van der Waals surface area contributed by atoms with Crippen molar-refractivity contribution in [3.63, 3.8) is 0 Å². The molecule has 5 heteroatoms. The Hall–Kier alpha value is -1.31. The van der Waals surface area contributed by atoms with E-state index >= 15 is 0 Å². The molecule has 0 N–H and O–H groups in total. The lowest BCUT2D eigenvalue weighted by molar-refractivity contribution is 0.0253. The summed E-state index contributed by atoms with van der Waals surface area (Å²) in [7, 11) is 0. The van der Waals surface area contributed by atoms with Crippen molar-refractivity contribution in [1.29, 1.82) is 5.26 Å². The zero-order valence-corrected chi connectivity index (χ0v) is 12.9. The number of halogens is 1. The highest BCUT2D eigenvalue weighted by molar-refractivity contribution is 6.33. The first-order chi connectivity index (χ1) is 10.3. The van der Waals surface area contributed by atoms with Crippen LogP contribution in [0.4, 0.5) is 5.82 Å². The van der Waals surface area contributed by atoms with Gasteiger partial charge in [0.25, 0.3) is 0 Å². The number of pyridine rings is 1. The van der Waals surface area contributed by atoms with Crippen LogP contribution >= 0.6 is 11.6 Å². The monoisotopic (exact) mass is 305 g/mol. The molecule has 0 unspecified atom stereocenters. The lowest BCUT2D eigenvalue weighted by Gasteiger charge is -2.38. The molecule has 2 saturated heterocycles. The number of rotatable bonds is 2. The third-order valence-electron chi connectivity index (χ3n) is 4.65. The molecule has 1 aromatic heterocycles. The van der Waals surface area contributed by atoms with E-state index in [1.54, 1.807) is 12.3 Å². The summed E-state index contributed by atoms with van der Waals surface area (Å²) < 4.78 is 5.61. The van der Waals surface area contributed by atoms with Gasteiger partial charge in [0.2, 0.25) is 0 Å². The lowest BCUT2D eigenvalue weighted by Crippen LogP contribution is -2.38. The summed E-state index contributed by atoms with van der Waals surface area (Å²) in [5.41, 5.74) is 0.512. The number of anilines is 1. The van der Waals surface area contributed by atoms with E-state index in [1.807, 2.05) is 0 Å². The van der Waals surface area contributed by atoms with Crippen molar-refractivity contribution in [2.75, 3.05) is 31.2 Å². The van der Waals surface area contributed by atoms with Gasteiger partial charge in [0.1, 0.15) is 11.9 Å². The van der Waals surface area contributed by atoms with Gasteiger partial charge in [-0.2, -0.15) is 5.26 Å². The van der Waals surface area contributed by atoms with E-state index in [1.165, 1.54) is 25.7 Å². The summed E-state index contributed by atoms with van der Waals surface area (Å²) >= 11 is 6.25. The van der Waals surface area contributed by atoms with Crippen LogP contribution in [-0.4, -0.2) is 31.3 Å². The largest absolute Gasteiger partial charge is 0.381 e. The molecule has 3 rings (SSSR count). The molecular weight excluding hydrogens is 286 g/mol. The Balaban J connectivity index is 1.61. The second-order valence-electron chi connectivity index (χ2n) is 5.94. The minimum Gasteiger partial charge on any atom is -0.381 e. The zero-order chi connectivity index (χ0) is 14.7. The molecule has 21 heavy (non-hydrogen) atoms. The quantitative estimate of drug-likeness (QED) is 0.841. The van der Waals surface area contributed by atoms with Gasteiger partial charge in [-0.3, -0.25) is 0 Å². The minimum atomic E-state index is 0.512. The van der Waals surface area contributed by atoms with Crippen molar-refractivity contribution >= 4 is 17.4 Å². The summed E-state index contributed by atoms with van der Waals surface area (Å²) in [6.45, 7) is 3.83. The van der Waals surface area contributed by atoms with Gasteiger partial charge in [0.05, 0.1) is 10.6 Å². The molecule has 2 fully saturated rings. The minimum absolute atomic E-state index is 0.512. The Morgan fingerprint density at radius 1 is 1.29 bits per heavy atom. The molecule has 0 aliphatic carbocycles. The molecule has 1 atom stereocenters. The zero-order valence-electron chi connectivity index (χ0n) is 12.1. The van der Waals surface area contributed by atoms with Crippen molar-refractivity contribution in [1.82, 2.24) is 4.98 Å². The number of piperidine rings is 1. The fraction of sp³-hybridized carbons (Fsp3) is 0.625. The van der Waals surface area contributed by atoms with Crippen molar-refractivity contribution in [2.24, 2.45) is 11.8 Å². The average molecular weight is 306 g/mol. The standard InChI is InChI=1S/C16H20ClN3O/c17-15-8-12(9-18)10-19-16(15)20-5-3-13(4-6-20)14-2-1-7-21-11-14/h8,10,13-14H,1-7,11H2/t14-/m0/s1. The lowest BCUT2D eigenvalue weighted by atomic mass is 9.81. The molecule has 0 spiro atoms. The van der Waals surface area contributed by atoms with Gasteiger partial charge in [-0.1, -0.05) is 11.6 Å². The maximum atomic E-state index is 8.87. The van der Waals surface area contributed by atoms with Crippen LogP contribution < -0.4 is 4.90 Å². The Kier molecular flexibility index (Phi) is 4.62. The molecule has 3 heterocycles. The fourth-order valence-electron chi connectivity index (χ4n) is 3.44. The highest BCUT2D eigenvalue weighted by Gasteiger charge is 2.29. The van der Waals surface area contributed by atoms with E-state index in [9.17, 15) is 0 Å². The molecule has 0 bridgehead atoms. The van der Waals surface area contributed by atoms with Crippen LogP contribution in [0.15, 0.2) is 12.3 Å². The maximum Gasteiger partial charge on any atom is 0.147 e. The second-order valence-corrected chi connectivity index (χ2v) is 6.35. The molecule has 0 saturated carbocycles. The topological polar surface area (TPSA) is 49.2 Å². The van der Waals surface area contributed by atoms with Crippen LogP contribution in [0.1, 0.15) is 31.2 Å². The summed E-state index contributed by atoms with van der Waals surface area (Å²) in [5.74, 6) is 2.30. The van der Waals surface area contributed by atoms with Gasteiger partial charge in [0, 0.05) is 32.5 Å². The smallest absolute Gasteiger partial charge is 0.147 e. The van der Waals surface area contributed by atoms with E-state index in [0.29, 0.717) is 10.6 Å². The number of nitriles is 1. The molecule has 4 nitrogen and oxygen atoms in total. The highest BCUT2D eigenvalue weighted by Crippen LogP contribution is 2.33. The number of hydrogen-bond acceptors (Lipinski definition) is 4. The molecule has 2 aliphatic rings. The predicted molar refractivity (Wildman–Crippen MR) is 82.4 cm³/mol. The third kappa shape index (κ3) is 3.30. The van der Waals surface area contributed by atoms with Crippen LogP contribution in [0, 0.1) is 23.2 Å². The SMILES string of the molecule is N#Cc1cnc(N2CCC([C@H]3CCCOC3)CC2)c(Cl)c1. The predicted octanol–water partition coefficient (Wildman–Crippen LogP) is 3.25. The van der Waals surface area contributed by atoms with Crippen molar-refractivity contribution < 1.29 is 4.74 Å². The summed E-state index contributed by atoms with van der Waals surface area (Å²) in [5, 5.41) is 9.45. The second kappa shape index (κ2) is 6.64. The fourth-order valence-corrected chi connectivity index (χ4v) is 3.73. The molecule has 0 radical (unpaired) electrons. The molecule has 0 aromatic carbocycles. The van der Waals surface area contributed by atoms with E-state index < -0.39 is 0 Å². The molecule has 1 aromatic rings. The molecule has 0 amide bonds. The Labute approximate surface area is 130 Å². The van der Waals surface area contributed by atoms with Gasteiger partial charge in [-0.05, 0) is 43.6 Å². The Morgan fingerprint density at radius 3 is 2.71 bits per heavy atom. The van der Waals surface area contributed by atoms with Crippen LogP contribution in [0.3, 0.4) is 0 Å². The van der Waals surface area contributed by atoms with Crippen LogP contribution in [-0.2, 0) is 4.74 Å². The van der Waals surface area contributed by atoms with E-state index in [0.717, 1.165) is 44.0 Å². The van der Waals surface area contributed by atoms with Gasteiger partial charge in [0.15, 0.2) is 0 Å². The van der Waals surface area contributed by atoms with Gasteiger partial charge in [-0.15, -0.1) is 0 Å². The average Bonchev–Trinajstić information content (AvgIpc) is 2.56. The van der Waals surface area contributed by atoms with E-state index in [-0.39, 0.29) is 0 Å². The molecular formula is C16H20ClN3O. The van der Waals surface area contributed by atoms with Gasteiger partial charge < -0.3 is 9.64 Å². The Bertz CT molecular complexity index is 529. The van der Waals surface area contributed by atoms with Crippen LogP contribution in [0.25, 0.3) is 0 Å². The first-order valence-electron chi connectivity index (χ1n) is 7.66. The van der Waals surface area contributed by atoms with Crippen molar-refractivity contribution in [3.05, 3.63) is 22.8 Å². The summed E-state index contributed by atoms with van der Waals surface area (Å²) in [6, 6.07) is 3.77. The first kappa shape index (κ1) is 14.6. The van der Waals surface area contributed by atoms with Gasteiger partial charge >= 0.3 is 0 Å². The van der Waals surface area contributed by atoms with E-state index in [4.69, 9.17) is 21.6 Å². The number of hydrogen-bond donors (Lipinski definition) is 0. The van der Waals surface area contributed by atoms with Crippen molar-refractivity contribution in [3.8, 4) is 6.07 Å². The number of nitrogens with zero attached hydrogens (tertiary/aromatic N) is 3. The highest BCUT2D eigenvalue weighted by atomic mass is 35.5. The van der Waals surface area contributed by atoms with E-state index in [2.05, 4.69) is 16.0 Å². The van der Waals surface area contributed by atoms with Gasteiger partial charge in [-0.25, -0.2) is 4.98 Å². The molecule has 112 valence electrons. The third-order valence-corrected chi connectivity index (χ3v) is 4.93. The Morgan fingerprint density at radius 2 is 2.10 bits per heavy atom. The molecule has 2 aliphatic heterocycles. The van der Waals surface area contributed by atoms with Crippen LogP contribution in [0.2, 0.25) is 5.02 Å². The van der Waals surface area contributed by atoms with Crippen LogP contribution in [0.5, 0.6) is 0 Å². The maximum absolute atomic E-state index is 8.87. The number of ether oxygens (including phenoxy) is 1. The normalized spacial score (nSPS) is 23.8. The number of aromatic nitrogens is 1.